The summed E-state index contributed by atoms with van der Waals surface area (Å²) in [7, 11) is 0. The highest BCUT2D eigenvalue weighted by atomic mass is 32.2. The Morgan fingerprint density at radius 3 is 2.63 bits per heavy atom. The van der Waals surface area contributed by atoms with Crippen LogP contribution in [0, 0.1) is 0 Å². The first-order valence-corrected chi connectivity index (χ1v) is 8.13. The third-order valence-electron chi connectivity index (χ3n) is 3.57. The van der Waals surface area contributed by atoms with Gasteiger partial charge in [0.05, 0.1) is 5.60 Å². The molecular weight excluding hydrogens is 256 g/mol. The Kier molecular flexibility index (Phi) is 5.70. The van der Waals surface area contributed by atoms with E-state index >= 15 is 0 Å². The Balaban J connectivity index is 1.69. The first kappa shape index (κ1) is 14.9. The molecule has 2 rings (SSSR count). The molecule has 0 aromatic heterocycles. The van der Waals surface area contributed by atoms with Crippen molar-refractivity contribution in [2.24, 2.45) is 0 Å². The lowest BCUT2D eigenvalue weighted by Gasteiger charge is -2.28. The van der Waals surface area contributed by atoms with Crippen LogP contribution in [0.25, 0.3) is 0 Å². The molecule has 1 aromatic carbocycles. The maximum Gasteiger partial charge on any atom is 0.0992 e. The van der Waals surface area contributed by atoms with Crippen molar-refractivity contribution in [3.8, 4) is 0 Å². The normalized spacial score (nSPS) is 20.1. The molecule has 1 fully saturated rings. The minimum atomic E-state index is -0.793. The third kappa shape index (κ3) is 4.80. The van der Waals surface area contributed by atoms with Crippen molar-refractivity contribution in [3.05, 3.63) is 35.9 Å². The molecule has 19 heavy (non-hydrogen) atoms. The lowest BCUT2D eigenvalue weighted by Crippen LogP contribution is -2.41. The molecule has 1 heterocycles. The van der Waals surface area contributed by atoms with Crippen LogP contribution in [0.2, 0.25) is 0 Å². The van der Waals surface area contributed by atoms with Gasteiger partial charge in [-0.2, -0.15) is 11.8 Å². The van der Waals surface area contributed by atoms with Gasteiger partial charge in [0.15, 0.2) is 0 Å². The molecule has 0 saturated carbocycles. The van der Waals surface area contributed by atoms with Crippen molar-refractivity contribution in [1.82, 2.24) is 10.2 Å². The van der Waals surface area contributed by atoms with Gasteiger partial charge >= 0.3 is 0 Å². The van der Waals surface area contributed by atoms with E-state index in [0.717, 1.165) is 18.7 Å². The minimum Gasteiger partial charge on any atom is -0.384 e. The maximum absolute atomic E-state index is 10.4. The van der Waals surface area contributed by atoms with Gasteiger partial charge in [-0.05, 0) is 12.5 Å². The summed E-state index contributed by atoms with van der Waals surface area (Å²) in [5.41, 5.74) is 0.177. The summed E-state index contributed by atoms with van der Waals surface area (Å²) < 4.78 is 0. The number of hydrogen-bond donors (Lipinski definition) is 2. The van der Waals surface area contributed by atoms with Crippen LogP contribution in [0.15, 0.2) is 30.3 Å². The quantitative estimate of drug-likeness (QED) is 0.775. The molecule has 0 amide bonds. The number of benzene rings is 1. The van der Waals surface area contributed by atoms with Crippen LogP contribution < -0.4 is 5.32 Å². The summed E-state index contributed by atoms with van der Waals surface area (Å²) >= 11 is 2.04. The zero-order valence-corrected chi connectivity index (χ0v) is 12.5. The monoisotopic (exact) mass is 280 g/mol. The van der Waals surface area contributed by atoms with Gasteiger partial charge in [-0.25, -0.2) is 0 Å². The largest absolute Gasteiger partial charge is 0.384 e. The molecule has 1 atom stereocenters. The molecule has 1 aromatic rings. The lowest BCUT2D eigenvalue weighted by atomic mass is 9.96. The standard InChI is InChI=1S/C15H24N2OS/c1-15(18,14-5-3-2-4-6-14)13-16-7-8-17-9-11-19-12-10-17/h2-6,16,18H,7-13H2,1H3. The van der Waals surface area contributed by atoms with E-state index < -0.39 is 5.60 Å². The van der Waals surface area contributed by atoms with Crippen LogP contribution >= 0.6 is 11.8 Å². The Labute approximate surface area is 120 Å². The Hall–Kier alpha value is -0.550. The highest BCUT2D eigenvalue weighted by molar-refractivity contribution is 7.99. The van der Waals surface area contributed by atoms with Gasteiger partial charge < -0.3 is 15.3 Å². The molecule has 1 unspecified atom stereocenters. The van der Waals surface area contributed by atoms with Crippen molar-refractivity contribution in [2.75, 3.05) is 44.2 Å². The van der Waals surface area contributed by atoms with Crippen LogP contribution in [0.1, 0.15) is 12.5 Å². The van der Waals surface area contributed by atoms with Crippen molar-refractivity contribution >= 4 is 11.8 Å². The van der Waals surface area contributed by atoms with Gasteiger partial charge in [-0.15, -0.1) is 0 Å². The zero-order valence-electron chi connectivity index (χ0n) is 11.6. The first-order valence-electron chi connectivity index (χ1n) is 6.97. The van der Waals surface area contributed by atoms with E-state index in [1.165, 1.54) is 24.6 Å². The van der Waals surface area contributed by atoms with Gasteiger partial charge in [-0.3, -0.25) is 0 Å². The molecule has 4 heteroatoms. The van der Waals surface area contributed by atoms with Crippen molar-refractivity contribution in [3.63, 3.8) is 0 Å². The first-order chi connectivity index (χ1) is 9.18. The number of thioether (sulfide) groups is 1. The molecule has 0 radical (unpaired) electrons. The van der Waals surface area contributed by atoms with Crippen LogP contribution in [0.4, 0.5) is 0 Å². The maximum atomic E-state index is 10.4. The minimum absolute atomic E-state index is 0.597. The summed E-state index contributed by atoms with van der Waals surface area (Å²) in [6.07, 6.45) is 0. The molecule has 0 aliphatic carbocycles. The lowest BCUT2D eigenvalue weighted by molar-refractivity contribution is 0.0565. The van der Waals surface area contributed by atoms with E-state index in [1.54, 1.807) is 0 Å². The second kappa shape index (κ2) is 7.29. The summed E-state index contributed by atoms with van der Waals surface area (Å²) in [5, 5.41) is 13.8. The van der Waals surface area contributed by atoms with Crippen LogP contribution in [0.5, 0.6) is 0 Å². The number of aliphatic hydroxyl groups is 1. The van der Waals surface area contributed by atoms with Crippen molar-refractivity contribution in [2.45, 2.75) is 12.5 Å². The molecular formula is C15H24N2OS. The van der Waals surface area contributed by atoms with Crippen LogP contribution in [-0.4, -0.2) is 54.2 Å². The average Bonchev–Trinajstić information content (AvgIpc) is 2.46. The SMILES string of the molecule is CC(O)(CNCCN1CCSCC1)c1ccccc1. The van der Waals surface area contributed by atoms with E-state index in [9.17, 15) is 5.11 Å². The molecule has 0 spiro atoms. The Bertz CT molecular complexity index is 364. The third-order valence-corrected chi connectivity index (χ3v) is 4.52. The number of rotatable bonds is 6. The topological polar surface area (TPSA) is 35.5 Å². The molecule has 0 bridgehead atoms. The van der Waals surface area contributed by atoms with Crippen molar-refractivity contribution < 1.29 is 5.11 Å². The van der Waals surface area contributed by atoms with Crippen LogP contribution in [0.3, 0.4) is 0 Å². The second-order valence-electron chi connectivity index (χ2n) is 5.27. The summed E-state index contributed by atoms with van der Waals surface area (Å²) in [4.78, 5) is 2.49. The smallest absolute Gasteiger partial charge is 0.0992 e. The molecule has 3 nitrogen and oxygen atoms in total. The predicted molar refractivity (Wildman–Crippen MR) is 82.6 cm³/mol. The average molecular weight is 280 g/mol. The van der Waals surface area contributed by atoms with Crippen LogP contribution in [-0.2, 0) is 5.60 Å². The molecule has 106 valence electrons. The molecule has 1 aliphatic heterocycles. The van der Waals surface area contributed by atoms with Gasteiger partial charge in [0.1, 0.15) is 0 Å². The molecule has 2 N–H and O–H groups in total. The number of nitrogens with one attached hydrogen (secondary N) is 1. The summed E-state index contributed by atoms with van der Waals surface area (Å²) in [6, 6.07) is 9.86. The Morgan fingerprint density at radius 2 is 1.95 bits per heavy atom. The highest BCUT2D eigenvalue weighted by Crippen LogP contribution is 2.18. The molecule has 1 aliphatic rings. The number of nitrogens with zero attached hydrogens (tertiary/aromatic N) is 1. The van der Waals surface area contributed by atoms with Gasteiger partial charge in [-0.1, -0.05) is 30.3 Å². The summed E-state index contributed by atoms with van der Waals surface area (Å²) in [6.45, 7) is 6.87. The fraction of sp³-hybridized carbons (Fsp3) is 0.600. The molecule has 1 saturated heterocycles. The number of hydrogen-bond acceptors (Lipinski definition) is 4. The Morgan fingerprint density at radius 1 is 1.26 bits per heavy atom. The zero-order chi connectivity index (χ0) is 13.6. The van der Waals surface area contributed by atoms with Gasteiger partial charge in [0.25, 0.3) is 0 Å². The van der Waals surface area contributed by atoms with E-state index in [1.807, 2.05) is 49.0 Å². The van der Waals surface area contributed by atoms with Crippen molar-refractivity contribution in [1.29, 1.82) is 0 Å². The summed E-state index contributed by atoms with van der Waals surface area (Å²) in [5.74, 6) is 2.50. The van der Waals surface area contributed by atoms with E-state index in [4.69, 9.17) is 0 Å². The predicted octanol–water partition coefficient (Wildman–Crippen LogP) is 1.53. The van der Waals surface area contributed by atoms with E-state index in [0.29, 0.717) is 6.54 Å². The fourth-order valence-corrected chi connectivity index (χ4v) is 3.27. The van der Waals surface area contributed by atoms with Gasteiger partial charge in [0.2, 0.25) is 0 Å². The fourth-order valence-electron chi connectivity index (χ4n) is 2.29. The van der Waals surface area contributed by atoms with E-state index in [-0.39, 0.29) is 0 Å². The highest BCUT2D eigenvalue weighted by Gasteiger charge is 2.22. The van der Waals surface area contributed by atoms with E-state index in [2.05, 4.69) is 10.2 Å². The second-order valence-corrected chi connectivity index (χ2v) is 6.50. The van der Waals surface area contributed by atoms with Gasteiger partial charge in [0, 0.05) is 44.2 Å².